The number of hydrogen-bond acceptors (Lipinski definition) is 4. The van der Waals surface area contributed by atoms with E-state index in [1.807, 2.05) is 6.92 Å². The molecule has 1 heterocycles. The molecule has 0 spiro atoms. The van der Waals surface area contributed by atoms with Gasteiger partial charge in [0.1, 0.15) is 0 Å². The maximum atomic E-state index is 12.8. The van der Waals surface area contributed by atoms with Crippen molar-refractivity contribution < 1.29 is 17.9 Å². The molecule has 3 rings (SSSR count). The normalized spacial score (nSPS) is 11.6. The summed E-state index contributed by atoms with van der Waals surface area (Å²) in [6.45, 7) is 1.90. The molecule has 1 aromatic heterocycles. The highest BCUT2D eigenvalue weighted by atomic mass is 32.2. The minimum absolute atomic E-state index is 0.220. The van der Waals surface area contributed by atoms with Gasteiger partial charge in [-0.3, -0.25) is 0 Å². The van der Waals surface area contributed by atoms with Crippen LogP contribution in [-0.2, 0) is 14.8 Å². The number of rotatable bonds is 3. The highest BCUT2D eigenvalue weighted by Crippen LogP contribution is 2.23. The number of esters is 1. The van der Waals surface area contributed by atoms with Gasteiger partial charge in [-0.1, -0.05) is 17.7 Å². The summed E-state index contributed by atoms with van der Waals surface area (Å²) in [4.78, 5) is 11.8. The predicted octanol–water partition coefficient (Wildman–Crippen LogP) is 2.97. The second kappa shape index (κ2) is 5.55. The fraction of sp³-hybridized carbons (Fsp3) is 0.118. The molecule has 0 saturated heterocycles. The van der Waals surface area contributed by atoms with Crippen molar-refractivity contribution in [3.05, 3.63) is 65.9 Å². The minimum Gasteiger partial charge on any atom is -0.465 e. The van der Waals surface area contributed by atoms with Gasteiger partial charge < -0.3 is 4.74 Å². The molecule has 0 fully saturated rings. The molecular formula is C17H15NO4S. The largest absolute Gasteiger partial charge is 0.465 e. The van der Waals surface area contributed by atoms with Gasteiger partial charge in [-0.15, -0.1) is 0 Å². The average Bonchev–Trinajstić information content (AvgIpc) is 2.98. The first kappa shape index (κ1) is 15.3. The van der Waals surface area contributed by atoms with E-state index in [0.717, 1.165) is 5.56 Å². The number of aromatic nitrogens is 1. The van der Waals surface area contributed by atoms with Crippen LogP contribution < -0.4 is 0 Å². The molecule has 0 amide bonds. The van der Waals surface area contributed by atoms with Gasteiger partial charge >= 0.3 is 5.97 Å². The third-order valence-corrected chi connectivity index (χ3v) is 5.36. The Bertz CT molecular complexity index is 985. The molecule has 6 heteroatoms. The van der Waals surface area contributed by atoms with E-state index in [9.17, 15) is 13.2 Å². The summed E-state index contributed by atoms with van der Waals surface area (Å²) in [6.07, 6.45) is 1.49. The zero-order valence-electron chi connectivity index (χ0n) is 12.7. The molecule has 0 saturated carbocycles. The van der Waals surface area contributed by atoms with E-state index in [0.29, 0.717) is 16.5 Å². The number of fused-ring (bicyclic) bond motifs is 1. The van der Waals surface area contributed by atoms with Gasteiger partial charge in [-0.25, -0.2) is 17.2 Å². The summed E-state index contributed by atoms with van der Waals surface area (Å²) in [5.41, 5.74) is 1.88. The molecule has 0 radical (unpaired) electrons. The standard InChI is InChI=1S/C17H15NO4S/c1-12-3-6-15(7-4-12)23(20,21)18-10-9-13-11-14(17(19)22-2)5-8-16(13)18/h3-11H,1-2H3. The quantitative estimate of drug-likeness (QED) is 0.693. The molecule has 0 aliphatic carbocycles. The Morgan fingerprint density at radius 1 is 1.04 bits per heavy atom. The van der Waals surface area contributed by atoms with Gasteiger partial charge in [-0.05, 0) is 43.3 Å². The molecule has 0 bridgehead atoms. The lowest BCUT2D eigenvalue weighted by Gasteiger charge is -2.08. The predicted molar refractivity (Wildman–Crippen MR) is 87.0 cm³/mol. The fourth-order valence-electron chi connectivity index (χ4n) is 2.40. The monoisotopic (exact) mass is 329 g/mol. The molecule has 118 valence electrons. The number of hydrogen-bond donors (Lipinski definition) is 0. The maximum absolute atomic E-state index is 12.8. The zero-order chi connectivity index (χ0) is 16.6. The van der Waals surface area contributed by atoms with Crippen molar-refractivity contribution in [1.82, 2.24) is 3.97 Å². The molecule has 0 atom stereocenters. The smallest absolute Gasteiger partial charge is 0.337 e. The molecule has 23 heavy (non-hydrogen) atoms. The Labute approximate surface area is 134 Å². The van der Waals surface area contributed by atoms with Crippen LogP contribution in [0.4, 0.5) is 0 Å². The Morgan fingerprint density at radius 3 is 2.39 bits per heavy atom. The number of carbonyl (C=O) groups excluding carboxylic acids is 1. The average molecular weight is 329 g/mol. The van der Waals surface area contributed by atoms with Crippen LogP contribution >= 0.6 is 0 Å². The molecule has 0 N–H and O–H groups in total. The summed E-state index contributed by atoms with van der Waals surface area (Å²) in [5.74, 6) is -0.457. The summed E-state index contributed by atoms with van der Waals surface area (Å²) < 4.78 is 31.4. The Kier molecular flexibility index (Phi) is 3.69. The lowest BCUT2D eigenvalue weighted by molar-refractivity contribution is 0.0601. The number of methoxy groups -OCH3 is 1. The first-order valence-corrected chi connectivity index (χ1v) is 8.39. The number of aryl methyl sites for hydroxylation is 1. The van der Waals surface area contributed by atoms with E-state index >= 15 is 0 Å². The summed E-state index contributed by atoms with van der Waals surface area (Å²) in [7, 11) is -2.37. The second-order valence-corrected chi connectivity index (χ2v) is 7.01. The van der Waals surface area contributed by atoms with Crippen LogP contribution in [0.2, 0.25) is 0 Å². The lowest BCUT2D eigenvalue weighted by Crippen LogP contribution is -2.11. The van der Waals surface area contributed by atoms with Gasteiger partial charge in [0.15, 0.2) is 0 Å². The van der Waals surface area contributed by atoms with Crippen LogP contribution in [-0.4, -0.2) is 25.5 Å². The third-order valence-electron chi connectivity index (χ3n) is 3.65. The first-order valence-electron chi connectivity index (χ1n) is 6.95. The Morgan fingerprint density at radius 2 is 1.74 bits per heavy atom. The number of benzene rings is 2. The molecule has 5 nitrogen and oxygen atoms in total. The van der Waals surface area contributed by atoms with Crippen LogP contribution in [0.5, 0.6) is 0 Å². The van der Waals surface area contributed by atoms with Crippen LogP contribution in [0.25, 0.3) is 10.9 Å². The minimum atomic E-state index is -3.68. The van der Waals surface area contributed by atoms with Crippen LogP contribution in [0.15, 0.2) is 59.6 Å². The van der Waals surface area contributed by atoms with Gasteiger partial charge in [-0.2, -0.15) is 0 Å². The molecule has 2 aromatic carbocycles. The Balaban J connectivity index is 2.13. The third kappa shape index (κ3) is 2.61. The van der Waals surface area contributed by atoms with Gasteiger partial charge in [0.25, 0.3) is 10.0 Å². The van der Waals surface area contributed by atoms with E-state index in [2.05, 4.69) is 4.74 Å². The van der Waals surface area contributed by atoms with Gasteiger partial charge in [0.05, 0.1) is 23.1 Å². The van der Waals surface area contributed by atoms with E-state index in [-0.39, 0.29) is 4.90 Å². The van der Waals surface area contributed by atoms with Crippen molar-refractivity contribution in [2.75, 3.05) is 7.11 Å². The first-order chi connectivity index (χ1) is 10.9. The molecule has 3 aromatic rings. The van der Waals surface area contributed by atoms with Crippen LogP contribution in [0.3, 0.4) is 0 Å². The topological polar surface area (TPSA) is 65.4 Å². The van der Waals surface area contributed by atoms with E-state index in [1.165, 1.54) is 17.3 Å². The van der Waals surface area contributed by atoms with Gasteiger partial charge in [0.2, 0.25) is 0 Å². The summed E-state index contributed by atoms with van der Waals surface area (Å²) >= 11 is 0. The van der Waals surface area contributed by atoms with E-state index in [4.69, 9.17) is 0 Å². The van der Waals surface area contributed by atoms with Crippen molar-refractivity contribution >= 4 is 26.9 Å². The number of carbonyl (C=O) groups is 1. The van der Waals surface area contributed by atoms with E-state index in [1.54, 1.807) is 48.5 Å². The van der Waals surface area contributed by atoms with Crippen molar-refractivity contribution in [2.24, 2.45) is 0 Å². The van der Waals surface area contributed by atoms with Crippen LogP contribution in [0.1, 0.15) is 15.9 Å². The molecule has 0 aliphatic heterocycles. The second-order valence-electron chi connectivity index (χ2n) is 5.19. The molecular weight excluding hydrogens is 314 g/mol. The fourth-order valence-corrected chi connectivity index (χ4v) is 3.75. The number of nitrogens with zero attached hydrogens (tertiary/aromatic N) is 1. The van der Waals surface area contributed by atoms with E-state index < -0.39 is 16.0 Å². The zero-order valence-corrected chi connectivity index (χ0v) is 13.5. The highest BCUT2D eigenvalue weighted by molar-refractivity contribution is 7.90. The van der Waals surface area contributed by atoms with Crippen molar-refractivity contribution in [2.45, 2.75) is 11.8 Å². The SMILES string of the molecule is COC(=O)c1ccc2c(ccn2S(=O)(=O)c2ccc(C)cc2)c1. The molecule has 0 aliphatic rings. The molecule has 0 unspecified atom stereocenters. The highest BCUT2D eigenvalue weighted by Gasteiger charge is 2.19. The lowest BCUT2D eigenvalue weighted by atomic mass is 10.1. The Hall–Kier alpha value is -2.60. The summed E-state index contributed by atoms with van der Waals surface area (Å²) in [6, 6.07) is 13.1. The number of ether oxygens (including phenoxy) is 1. The van der Waals surface area contributed by atoms with Crippen molar-refractivity contribution in [3.8, 4) is 0 Å². The van der Waals surface area contributed by atoms with Crippen molar-refractivity contribution in [3.63, 3.8) is 0 Å². The van der Waals surface area contributed by atoms with Gasteiger partial charge in [0, 0.05) is 11.6 Å². The summed E-state index contributed by atoms with van der Waals surface area (Å²) in [5, 5.41) is 0.656. The maximum Gasteiger partial charge on any atom is 0.337 e. The van der Waals surface area contributed by atoms with Crippen molar-refractivity contribution in [1.29, 1.82) is 0 Å². The van der Waals surface area contributed by atoms with Crippen LogP contribution in [0, 0.1) is 6.92 Å².